The van der Waals surface area contributed by atoms with Gasteiger partial charge in [0.25, 0.3) is 5.22 Å². The zero-order valence-corrected chi connectivity index (χ0v) is 14.6. The summed E-state index contributed by atoms with van der Waals surface area (Å²) >= 11 is 1.17. The van der Waals surface area contributed by atoms with Crippen LogP contribution >= 0.6 is 11.8 Å². The summed E-state index contributed by atoms with van der Waals surface area (Å²) in [7, 11) is 0. The van der Waals surface area contributed by atoms with E-state index in [9.17, 15) is 9.90 Å². The van der Waals surface area contributed by atoms with E-state index < -0.39 is 0 Å². The van der Waals surface area contributed by atoms with Gasteiger partial charge in [-0.05, 0) is 61.4 Å². The second-order valence-electron chi connectivity index (χ2n) is 5.63. The molecule has 0 unspecified atom stereocenters. The van der Waals surface area contributed by atoms with Gasteiger partial charge in [-0.2, -0.15) is 0 Å². The second kappa shape index (κ2) is 7.40. The van der Waals surface area contributed by atoms with Crippen LogP contribution in [0, 0.1) is 13.8 Å². The van der Waals surface area contributed by atoms with Crippen molar-refractivity contribution in [1.29, 1.82) is 0 Å². The molecule has 2 N–H and O–H groups in total. The molecule has 0 radical (unpaired) electrons. The van der Waals surface area contributed by atoms with E-state index in [2.05, 4.69) is 15.5 Å². The van der Waals surface area contributed by atoms with Crippen molar-refractivity contribution >= 4 is 23.4 Å². The first-order valence-corrected chi connectivity index (χ1v) is 8.62. The number of phenols is 1. The molecule has 6 nitrogen and oxygen atoms in total. The molecule has 25 heavy (non-hydrogen) atoms. The highest BCUT2D eigenvalue weighted by molar-refractivity contribution is 7.99. The third-order valence-electron chi connectivity index (χ3n) is 3.35. The van der Waals surface area contributed by atoms with Gasteiger partial charge < -0.3 is 14.8 Å². The largest absolute Gasteiger partial charge is 0.508 e. The Labute approximate surface area is 149 Å². The number of rotatable bonds is 5. The highest BCUT2D eigenvalue weighted by Gasteiger charge is 2.11. The van der Waals surface area contributed by atoms with Crippen LogP contribution in [0.3, 0.4) is 0 Å². The van der Waals surface area contributed by atoms with Crippen molar-refractivity contribution in [2.45, 2.75) is 19.1 Å². The van der Waals surface area contributed by atoms with Crippen LogP contribution in [0.2, 0.25) is 0 Å². The van der Waals surface area contributed by atoms with Gasteiger partial charge in [-0.25, -0.2) is 0 Å². The lowest BCUT2D eigenvalue weighted by atomic mass is 10.1. The number of aromatic nitrogens is 2. The van der Waals surface area contributed by atoms with Crippen LogP contribution < -0.4 is 5.32 Å². The van der Waals surface area contributed by atoms with E-state index in [0.717, 1.165) is 16.8 Å². The number of aromatic hydroxyl groups is 1. The van der Waals surface area contributed by atoms with E-state index in [1.165, 1.54) is 11.8 Å². The lowest BCUT2D eigenvalue weighted by Gasteiger charge is -2.06. The van der Waals surface area contributed by atoms with Gasteiger partial charge in [-0.15, -0.1) is 10.2 Å². The summed E-state index contributed by atoms with van der Waals surface area (Å²) in [6.07, 6.45) is 0. The Bertz CT molecular complexity index is 871. The summed E-state index contributed by atoms with van der Waals surface area (Å²) < 4.78 is 5.53. The number of amides is 1. The maximum absolute atomic E-state index is 12.1. The maximum atomic E-state index is 12.1. The highest BCUT2D eigenvalue weighted by Crippen LogP contribution is 2.24. The molecule has 0 fully saturated rings. The van der Waals surface area contributed by atoms with E-state index in [1.54, 1.807) is 24.3 Å². The molecule has 3 rings (SSSR count). The molecule has 128 valence electrons. The first-order chi connectivity index (χ1) is 12.0. The Morgan fingerprint density at radius 2 is 1.80 bits per heavy atom. The normalized spacial score (nSPS) is 10.6. The Hall–Kier alpha value is -2.80. The lowest BCUT2D eigenvalue weighted by molar-refractivity contribution is -0.113. The number of carbonyl (C=O) groups excluding carboxylic acids is 1. The topological polar surface area (TPSA) is 88.2 Å². The number of thioether (sulfide) groups is 1. The molecule has 0 saturated heterocycles. The van der Waals surface area contributed by atoms with Crippen molar-refractivity contribution in [1.82, 2.24) is 10.2 Å². The van der Waals surface area contributed by atoms with Crippen LogP contribution in [0.4, 0.5) is 5.69 Å². The molecule has 2 aromatic carbocycles. The van der Waals surface area contributed by atoms with Crippen molar-refractivity contribution in [3.63, 3.8) is 0 Å². The number of nitrogens with one attached hydrogen (secondary N) is 1. The maximum Gasteiger partial charge on any atom is 0.277 e. The van der Waals surface area contributed by atoms with Crippen molar-refractivity contribution in [2.75, 3.05) is 11.1 Å². The average Bonchev–Trinajstić information content (AvgIpc) is 3.01. The fourth-order valence-corrected chi connectivity index (χ4v) is 2.92. The van der Waals surface area contributed by atoms with Crippen LogP contribution in [0.25, 0.3) is 11.5 Å². The van der Waals surface area contributed by atoms with Gasteiger partial charge in [0.1, 0.15) is 5.75 Å². The van der Waals surface area contributed by atoms with Gasteiger partial charge >= 0.3 is 0 Å². The van der Waals surface area contributed by atoms with Crippen LogP contribution in [0.1, 0.15) is 11.1 Å². The van der Waals surface area contributed by atoms with Crippen molar-refractivity contribution in [3.05, 3.63) is 53.6 Å². The number of aryl methyl sites for hydroxylation is 2. The second-order valence-corrected chi connectivity index (χ2v) is 6.56. The summed E-state index contributed by atoms with van der Waals surface area (Å²) in [6, 6.07) is 12.4. The fraction of sp³-hybridized carbons (Fsp3) is 0.167. The minimum absolute atomic E-state index is 0.139. The Kier molecular flexibility index (Phi) is 5.04. The quantitative estimate of drug-likeness (QED) is 0.677. The van der Waals surface area contributed by atoms with Crippen LogP contribution in [0.15, 0.2) is 52.1 Å². The summed E-state index contributed by atoms with van der Waals surface area (Å²) in [5.41, 5.74) is 3.67. The molecule has 0 saturated carbocycles. The SMILES string of the molecule is Cc1cc(C)cc(NC(=O)CSc2nnc(-c3ccc(O)cc3)o2)c1. The van der Waals surface area contributed by atoms with E-state index >= 15 is 0 Å². The van der Waals surface area contributed by atoms with E-state index in [1.807, 2.05) is 32.0 Å². The van der Waals surface area contributed by atoms with Gasteiger partial charge in [0, 0.05) is 11.3 Å². The Morgan fingerprint density at radius 1 is 1.12 bits per heavy atom. The van der Waals surface area contributed by atoms with Gasteiger partial charge in [0.15, 0.2) is 0 Å². The summed E-state index contributed by atoms with van der Waals surface area (Å²) in [6.45, 7) is 3.97. The third kappa shape index (κ3) is 4.60. The van der Waals surface area contributed by atoms with E-state index in [0.29, 0.717) is 16.7 Å². The molecular weight excluding hydrogens is 338 g/mol. The first kappa shape index (κ1) is 17.0. The lowest BCUT2D eigenvalue weighted by Crippen LogP contribution is -2.14. The van der Waals surface area contributed by atoms with Crippen molar-refractivity contribution < 1.29 is 14.3 Å². The Balaban J connectivity index is 1.58. The zero-order chi connectivity index (χ0) is 17.8. The van der Waals surface area contributed by atoms with E-state index in [-0.39, 0.29) is 17.4 Å². The predicted molar refractivity (Wildman–Crippen MR) is 96.7 cm³/mol. The number of nitrogens with zero attached hydrogens (tertiary/aromatic N) is 2. The number of hydrogen-bond donors (Lipinski definition) is 2. The molecule has 1 heterocycles. The van der Waals surface area contributed by atoms with Gasteiger partial charge in [0.05, 0.1) is 5.75 Å². The smallest absolute Gasteiger partial charge is 0.277 e. The van der Waals surface area contributed by atoms with Crippen molar-refractivity contribution in [2.24, 2.45) is 0 Å². The zero-order valence-electron chi connectivity index (χ0n) is 13.8. The molecular formula is C18H17N3O3S. The molecule has 0 bridgehead atoms. The van der Waals surface area contributed by atoms with Gasteiger partial charge in [-0.3, -0.25) is 4.79 Å². The van der Waals surface area contributed by atoms with Crippen LogP contribution in [-0.2, 0) is 4.79 Å². The number of hydrogen-bond acceptors (Lipinski definition) is 6. The summed E-state index contributed by atoms with van der Waals surface area (Å²) in [4.78, 5) is 12.1. The first-order valence-electron chi connectivity index (χ1n) is 7.63. The number of phenolic OH excluding ortho intramolecular Hbond substituents is 1. The molecule has 3 aromatic rings. The van der Waals surface area contributed by atoms with Crippen molar-refractivity contribution in [3.8, 4) is 17.2 Å². The van der Waals surface area contributed by atoms with Crippen LogP contribution in [-0.4, -0.2) is 27.0 Å². The number of anilines is 1. The number of benzene rings is 2. The summed E-state index contributed by atoms with van der Waals surface area (Å²) in [5, 5.41) is 20.3. The minimum Gasteiger partial charge on any atom is -0.508 e. The summed E-state index contributed by atoms with van der Waals surface area (Å²) in [5.74, 6) is 0.544. The van der Waals surface area contributed by atoms with Crippen LogP contribution in [0.5, 0.6) is 5.75 Å². The standard InChI is InChI=1S/C18H17N3O3S/c1-11-7-12(2)9-14(8-11)19-16(23)10-25-18-21-20-17(24-18)13-3-5-15(22)6-4-13/h3-9,22H,10H2,1-2H3,(H,19,23). The molecule has 0 spiro atoms. The predicted octanol–water partition coefficient (Wildman–Crippen LogP) is 3.79. The number of carbonyl (C=O) groups is 1. The third-order valence-corrected chi connectivity index (χ3v) is 4.17. The average molecular weight is 355 g/mol. The minimum atomic E-state index is -0.139. The van der Waals surface area contributed by atoms with Gasteiger partial charge in [0.2, 0.25) is 11.8 Å². The monoisotopic (exact) mass is 355 g/mol. The van der Waals surface area contributed by atoms with E-state index in [4.69, 9.17) is 4.42 Å². The molecule has 0 atom stereocenters. The molecule has 0 aliphatic carbocycles. The molecule has 0 aliphatic heterocycles. The molecule has 7 heteroatoms. The Morgan fingerprint density at radius 3 is 2.48 bits per heavy atom. The molecule has 1 amide bonds. The highest BCUT2D eigenvalue weighted by atomic mass is 32.2. The van der Waals surface area contributed by atoms with Gasteiger partial charge in [-0.1, -0.05) is 17.8 Å². The fourth-order valence-electron chi connectivity index (χ4n) is 2.36. The molecule has 1 aromatic heterocycles. The molecule has 0 aliphatic rings.